The van der Waals surface area contributed by atoms with Crippen LogP contribution in [0.25, 0.3) is 0 Å². The molecule has 2 aromatic rings. The first-order chi connectivity index (χ1) is 10.5. The van der Waals surface area contributed by atoms with Gasteiger partial charge in [0, 0.05) is 17.5 Å². The molecule has 0 aliphatic carbocycles. The summed E-state index contributed by atoms with van der Waals surface area (Å²) < 4.78 is 4.77. The van der Waals surface area contributed by atoms with Crippen LogP contribution < -0.4 is 9.64 Å². The summed E-state index contributed by atoms with van der Waals surface area (Å²) in [5.74, 6) is 0.935. The van der Waals surface area contributed by atoms with E-state index in [-0.39, 0.29) is 5.75 Å². The van der Waals surface area contributed by atoms with E-state index in [0.29, 0.717) is 5.75 Å². The molecule has 0 spiro atoms. The van der Waals surface area contributed by atoms with Crippen LogP contribution in [0.1, 0.15) is 12.5 Å². The number of hydrogen-bond acceptors (Lipinski definition) is 4. The van der Waals surface area contributed by atoms with Crippen LogP contribution in [0.4, 0.5) is 5.69 Å². The number of rotatable bonds is 2. The topological polar surface area (TPSA) is 32.7 Å². The average molecular weight is 331 g/mol. The summed E-state index contributed by atoms with van der Waals surface area (Å²) in [7, 11) is 3.59. The summed E-state index contributed by atoms with van der Waals surface area (Å²) in [6, 6.07) is 13.4. The Hall–Kier alpha value is -1.72. The highest BCUT2D eigenvalue weighted by molar-refractivity contribution is 8.02. The van der Waals surface area contributed by atoms with Crippen molar-refractivity contribution < 1.29 is 9.84 Å². The third-order valence-corrected chi connectivity index (χ3v) is 6.17. The molecule has 0 bridgehead atoms. The van der Waals surface area contributed by atoms with Gasteiger partial charge in [0.05, 0.1) is 17.5 Å². The van der Waals surface area contributed by atoms with Gasteiger partial charge in [0.1, 0.15) is 16.5 Å². The second-order valence-electron chi connectivity index (χ2n) is 5.35. The molecule has 0 aromatic heterocycles. The smallest absolute Gasteiger partial charge is 0.120 e. The fourth-order valence-corrected chi connectivity index (χ4v) is 4.43. The van der Waals surface area contributed by atoms with Crippen molar-refractivity contribution in [2.45, 2.75) is 16.6 Å². The molecular formula is C17H17NO2S2. The van der Waals surface area contributed by atoms with Crippen molar-refractivity contribution in [3.8, 4) is 11.5 Å². The second kappa shape index (κ2) is 5.48. The molecule has 0 saturated heterocycles. The predicted octanol–water partition coefficient (Wildman–Crippen LogP) is 4.19. The molecule has 1 unspecified atom stereocenters. The van der Waals surface area contributed by atoms with E-state index < -0.39 is 4.75 Å². The standard InChI is InChI=1S/C17H17NO2S2/c1-17(12-10-11(20-3)8-9-14(12)19)16(21)18(2)13-6-4-5-7-15(13)22-17/h4-10,19H,1-3H3. The molecular weight excluding hydrogens is 314 g/mol. The molecule has 1 aliphatic rings. The number of hydrogen-bond donors (Lipinski definition) is 1. The van der Waals surface area contributed by atoms with E-state index in [1.54, 1.807) is 31.0 Å². The van der Waals surface area contributed by atoms with E-state index in [1.807, 2.05) is 37.1 Å². The maximum Gasteiger partial charge on any atom is 0.120 e. The van der Waals surface area contributed by atoms with Gasteiger partial charge >= 0.3 is 0 Å². The van der Waals surface area contributed by atoms with Gasteiger partial charge in [0.15, 0.2) is 0 Å². The molecule has 5 heteroatoms. The van der Waals surface area contributed by atoms with E-state index in [4.69, 9.17) is 17.0 Å². The van der Waals surface area contributed by atoms with Crippen molar-refractivity contribution in [1.82, 2.24) is 0 Å². The number of methoxy groups -OCH3 is 1. The zero-order valence-corrected chi connectivity index (χ0v) is 14.3. The lowest BCUT2D eigenvalue weighted by molar-refractivity contribution is 0.410. The Balaban J connectivity index is 2.16. The Morgan fingerprint density at radius 3 is 2.68 bits per heavy atom. The lowest BCUT2D eigenvalue weighted by Gasteiger charge is -2.41. The number of likely N-dealkylation sites (N-methyl/N-ethyl adjacent to an activating group) is 1. The molecule has 0 saturated carbocycles. The number of benzene rings is 2. The summed E-state index contributed by atoms with van der Waals surface area (Å²) in [6.45, 7) is 2.04. The SMILES string of the molecule is COc1ccc(O)c(C2(C)Sc3ccccc3N(C)C2=S)c1. The molecule has 0 radical (unpaired) electrons. The molecule has 114 valence electrons. The first-order valence-corrected chi connectivity index (χ1v) is 8.13. The number of phenolic OH excluding ortho intramolecular Hbond substituents is 1. The Bertz CT molecular complexity index is 747. The summed E-state index contributed by atoms with van der Waals surface area (Å²) in [5, 5.41) is 10.4. The van der Waals surface area contributed by atoms with Crippen molar-refractivity contribution >= 4 is 34.7 Å². The number of thiocarbonyl (C=S) groups is 1. The van der Waals surface area contributed by atoms with Gasteiger partial charge in [-0.05, 0) is 37.3 Å². The molecule has 1 aliphatic heterocycles. The van der Waals surface area contributed by atoms with Crippen LogP contribution in [0.5, 0.6) is 11.5 Å². The van der Waals surface area contributed by atoms with Crippen LogP contribution in [0, 0.1) is 0 Å². The normalized spacial score (nSPS) is 20.7. The van der Waals surface area contributed by atoms with Gasteiger partial charge in [-0.25, -0.2) is 0 Å². The number of ether oxygens (including phenoxy) is 1. The number of anilines is 1. The van der Waals surface area contributed by atoms with Crippen LogP contribution in [0.15, 0.2) is 47.4 Å². The largest absolute Gasteiger partial charge is 0.508 e. The lowest BCUT2D eigenvalue weighted by Crippen LogP contribution is -2.43. The van der Waals surface area contributed by atoms with Gasteiger partial charge in [-0.3, -0.25) is 0 Å². The highest BCUT2D eigenvalue weighted by atomic mass is 32.2. The predicted molar refractivity (Wildman–Crippen MR) is 95.3 cm³/mol. The van der Waals surface area contributed by atoms with Crippen LogP contribution in [-0.2, 0) is 4.75 Å². The highest BCUT2D eigenvalue weighted by Crippen LogP contribution is 2.53. The maximum atomic E-state index is 10.4. The first-order valence-electron chi connectivity index (χ1n) is 6.91. The lowest BCUT2D eigenvalue weighted by atomic mass is 9.97. The fourth-order valence-electron chi connectivity index (χ4n) is 2.71. The number of nitrogens with zero attached hydrogens (tertiary/aromatic N) is 1. The highest BCUT2D eigenvalue weighted by Gasteiger charge is 2.42. The molecule has 22 heavy (non-hydrogen) atoms. The van der Waals surface area contributed by atoms with E-state index in [9.17, 15) is 5.11 Å². The molecule has 0 amide bonds. The van der Waals surface area contributed by atoms with Crippen LogP contribution in [-0.4, -0.2) is 24.3 Å². The summed E-state index contributed by atoms with van der Waals surface area (Å²) in [4.78, 5) is 3.92. The van der Waals surface area contributed by atoms with Gasteiger partial charge in [-0.2, -0.15) is 0 Å². The summed E-state index contributed by atoms with van der Waals surface area (Å²) in [6.07, 6.45) is 0. The zero-order valence-electron chi connectivity index (χ0n) is 12.7. The molecule has 1 atom stereocenters. The van der Waals surface area contributed by atoms with E-state index in [1.165, 1.54) is 0 Å². The van der Waals surface area contributed by atoms with E-state index in [2.05, 4.69) is 12.1 Å². The molecule has 2 aromatic carbocycles. The number of phenols is 1. The zero-order chi connectivity index (χ0) is 15.9. The average Bonchev–Trinajstić information content (AvgIpc) is 2.53. The van der Waals surface area contributed by atoms with Gasteiger partial charge < -0.3 is 14.7 Å². The first kappa shape index (κ1) is 15.2. The maximum absolute atomic E-state index is 10.4. The summed E-state index contributed by atoms with van der Waals surface area (Å²) in [5.41, 5.74) is 1.86. The Morgan fingerprint density at radius 2 is 1.95 bits per heavy atom. The quantitative estimate of drug-likeness (QED) is 0.835. The van der Waals surface area contributed by atoms with Crippen LogP contribution >= 0.6 is 24.0 Å². The Kier molecular flexibility index (Phi) is 3.78. The number of aromatic hydroxyl groups is 1. The number of para-hydroxylation sites is 1. The monoisotopic (exact) mass is 331 g/mol. The van der Waals surface area contributed by atoms with Crippen LogP contribution in [0.3, 0.4) is 0 Å². The number of fused-ring (bicyclic) bond motifs is 1. The summed E-state index contributed by atoms with van der Waals surface area (Å²) >= 11 is 7.37. The molecule has 0 fully saturated rings. The van der Waals surface area contributed by atoms with Gasteiger partial charge in [-0.15, -0.1) is 11.8 Å². The minimum atomic E-state index is -0.531. The van der Waals surface area contributed by atoms with Crippen LogP contribution in [0.2, 0.25) is 0 Å². The van der Waals surface area contributed by atoms with Gasteiger partial charge in [-0.1, -0.05) is 24.4 Å². The van der Waals surface area contributed by atoms with Crippen molar-refractivity contribution in [2.75, 3.05) is 19.1 Å². The minimum absolute atomic E-state index is 0.228. The fraction of sp³-hybridized carbons (Fsp3) is 0.235. The molecule has 1 N–H and O–H groups in total. The van der Waals surface area contributed by atoms with E-state index >= 15 is 0 Å². The molecule has 3 nitrogen and oxygen atoms in total. The Morgan fingerprint density at radius 1 is 1.23 bits per heavy atom. The van der Waals surface area contributed by atoms with E-state index in [0.717, 1.165) is 21.1 Å². The molecule has 1 heterocycles. The van der Waals surface area contributed by atoms with Gasteiger partial charge in [0.25, 0.3) is 0 Å². The number of thioether (sulfide) groups is 1. The van der Waals surface area contributed by atoms with Crippen molar-refractivity contribution in [1.29, 1.82) is 0 Å². The third kappa shape index (κ3) is 2.25. The minimum Gasteiger partial charge on any atom is -0.508 e. The second-order valence-corrected chi connectivity index (χ2v) is 7.20. The van der Waals surface area contributed by atoms with Gasteiger partial charge in [0.2, 0.25) is 0 Å². The van der Waals surface area contributed by atoms with Crippen molar-refractivity contribution in [3.63, 3.8) is 0 Å². The van der Waals surface area contributed by atoms with Crippen molar-refractivity contribution in [3.05, 3.63) is 48.0 Å². The third-order valence-electron chi connectivity index (χ3n) is 3.97. The van der Waals surface area contributed by atoms with Crippen molar-refractivity contribution in [2.24, 2.45) is 0 Å². The molecule has 3 rings (SSSR count). The Labute approximate surface area is 139 Å².